The van der Waals surface area contributed by atoms with Crippen molar-refractivity contribution in [2.75, 3.05) is 18.1 Å². The van der Waals surface area contributed by atoms with Crippen LogP contribution in [0.25, 0.3) is 10.8 Å². The van der Waals surface area contributed by atoms with Crippen molar-refractivity contribution in [2.24, 2.45) is 0 Å². The lowest BCUT2D eigenvalue weighted by Crippen LogP contribution is -2.43. The number of rotatable bonds is 6. The smallest absolute Gasteiger partial charge is 0.261 e. The van der Waals surface area contributed by atoms with Crippen molar-refractivity contribution in [3.8, 4) is 5.75 Å². The van der Waals surface area contributed by atoms with Gasteiger partial charge in [-0.15, -0.1) is 0 Å². The number of hydrogen-bond donors (Lipinski definition) is 0. The van der Waals surface area contributed by atoms with Gasteiger partial charge in [0.2, 0.25) is 0 Å². The Bertz CT molecular complexity index is 1160. The zero-order valence-corrected chi connectivity index (χ0v) is 17.9. The summed E-state index contributed by atoms with van der Waals surface area (Å²) in [4.78, 5) is 14.8. The third kappa shape index (κ3) is 4.77. The first-order valence-corrected chi connectivity index (χ1v) is 12.0. The molecule has 3 aromatic carbocycles. The molecule has 0 bridgehead atoms. The van der Waals surface area contributed by atoms with Crippen LogP contribution in [0.1, 0.15) is 12.0 Å². The summed E-state index contributed by atoms with van der Waals surface area (Å²) < 4.78 is 29.8. The van der Waals surface area contributed by atoms with E-state index in [1.54, 1.807) is 29.2 Å². The number of sulfone groups is 1. The minimum absolute atomic E-state index is 0.00947. The molecule has 0 aliphatic carbocycles. The van der Waals surface area contributed by atoms with E-state index in [0.29, 0.717) is 23.7 Å². The van der Waals surface area contributed by atoms with Gasteiger partial charge in [0.05, 0.1) is 11.5 Å². The minimum Gasteiger partial charge on any atom is -0.484 e. The first-order chi connectivity index (χ1) is 14.4. The van der Waals surface area contributed by atoms with E-state index in [1.165, 1.54) is 0 Å². The van der Waals surface area contributed by atoms with Gasteiger partial charge in [-0.1, -0.05) is 54.1 Å². The Labute approximate surface area is 181 Å². The Balaban J connectivity index is 1.57. The van der Waals surface area contributed by atoms with Crippen LogP contribution in [0, 0.1) is 0 Å². The fourth-order valence-corrected chi connectivity index (χ4v) is 5.67. The molecule has 0 spiro atoms. The van der Waals surface area contributed by atoms with Gasteiger partial charge in [0.1, 0.15) is 5.75 Å². The molecule has 1 atom stereocenters. The van der Waals surface area contributed by atoms with Crippen LogP contribution in [-0.2, 0) is 21.2 Å². The summed E-state index contributed by atoms with van der Waals surface area (Å²) in [5, 5.41) is 2.72. The molecule has 1 saturated heterocycles. The van der Waals surface area contributed by atoms with Gasteiger partial charge in [0, 0.05) is 17.6 Å². The molecule has 0 unspecified atom stereocenters. The van der Waals surface area contributed by atoms with E-state index < -0.39 is 9.84 Å². The molecule has 4 rings (SSSR count). The third-order valence-electron chi connectivity index (χ3n) is 5.37. The van der Waals surface area contributed by atoms with Crippen molar-refractivity contribution < 1.29 is 17.9 Å². The Kier molecular flexibility index (Phi) is 5.97. The van der Waals surface area contributed by atoms with Crippen LogP contribution in [-0.4, -0.2) is 43.4 Å². The summed E-state index contributed by atoms with van der Waals surface area (Å²) in [7, 11) is -3.13. The number of nitrogens with zero attached hydrogens (tertiary/aromatic N) is 1. The number of carbonyl (C=O) groups excluding carboxylic acids is 1. The first kappa shape index (κ1) is 20.7. The molecule has 5 nitrogen and oxygen atoms in total. The van der Waals surface area contributed by atoms with Crippen molar-refractivity contribution in [2.45, 2.75) is 19.0 Å². The molecule has 0 N–H and O–H groups in total. The monoisotopic (exact) mass is 443 g/mol. The lowest BCUT2D eigenvalue weighted by Gasteiger charge is -2.29. The lowest BCUT2D eigenvalue weighted by atomic mass is 10.0. The van der Waals surface area contributed by atoms with E-state index in [4.69, 9.17) is 16.3 Å². The molecule has 1 aliphatic heterocycles. The van der Waals surface area contributed by atoms with Crippen molar-refractivity contribution in [1.82, 2.24) is 4.90 Å². The van der Waals surface area contributed by atoms with Gasteiger partial charge in [0.25, 0.3) is 5.91 Å². The molecule has 7 heteroatoms. The zero-order chi connectivity index (χ0) is 21.1. The second-order valence-electron chi connectivity index (χ2n) is 7.46. The van der Waals surface area contributed by atoms with Gasteiger partial charge in [-0.2, -0.15) is 0 Å². The van der Waals surface area contributed by atoms with Crippen LogP contribution in [0.15, 0.2) is 66.7 Å². The molecule has 0 radical (unpaired) electrons. The molecule has 30 heavy (non-hydrogen) atoms. The van der Waals surface area contributed by atoms with E-state index in [1.807, 2.05) is 42.5 Å². The first-order valence-electron chi connectivity index (χ1n) is 9.76. The molecular formula is C23H22ClNO4S. The maximum atomic E-state index is 13.1. The fraction of sp³-hybridized carbons (Fsp3) is 0.261. The Hall–Kier alpha value is -2.57. The SMILES string of the molecule is O=C(COc1ccc(Cl)cc1)N(Cc1cccc2ccccc12)[C@@H]1CCS(=O)(=O)C1. The maximum absolute atomic E-state index is 13.1. The average molecular weight is 444 g/mol. The number of halogens is 1. The fourth-order valence-electron chi connectivity index (χ4n) is 3.81. The Morgan fingerprint density at radius 1 is 1.03 bits per heavy atom. The van der Waals surface area contributed by atoms with E-state index >= 15 is 0 Å². The molecule has 0 saturated carbocycles. The quantitative estimate of drug-likeness (QED) is 0.575. The standard InChI is InChI=1S/C23H22ClNO4S/c24-19-8-10-21(11-9-19)29-15-23(26)25(20-12-13-30(27,28)16-20)14-18-6-3-5-17-4-1-2-7-22(17)18/h1-11,20H,12-16H2/t20-/m1/s1. The summed E-state index contributed by atoms with van der Waals surface area (Å²) >= 11 is 5.89. The van der Waals surface area contributed by atoms with Gasteiger partial charge < -0.3 is 9.64 Å². The predicted molar refractivity (Wildman–Crippen MR) is 119 cm³/mol. The maximum Gasteiger partial charge on any atom is 0.261 e. The number of hydrogen-bond acceptors (Lipinski definition) is 4. The van der Waals surface area contributed by atoms with E-state index in [2.05, 4.69) is 0 Å². The van der Waals surface area contributed by atoms with Crippen LogP contribution in [0.2, 0.25) is 5.02 Å². The van der Waals surface area contributed by atoms with Crippen LogP contribution in [0.3, 0.4) is 0 Å². The summed E-state index contributed by atoms with van der Waals surface area (Å²) in [5.41, 5.74) is 0.984. The van der Waals surface area contributed by atoms with Crippen LogP contribution in [0.4, 0.5) is 0 Å². The summed E-state index contributed by atoms with van der Waals surface area (Å²) in [6.45, 7) is 0.174. The van der Waals surface area contributed by atoms with Gasteiger partial charge in [0.15, 0.2) is 16.4 Å². The normalized spacial score (nSPS) is 17.7. The molecule has 1 fully saturated rings. The molecule has 0 aromatic heterocycles. The second kappa shape index (κ2) is 8.66. The van der Waals surface area contributed by atoms with Crippen molar-refractivity contribution >= 4 is 38.1 Å². The van der Waals surface area contributed by atoms with E-state index in [0.717, 1.165) is 16.3 Å². The van der Waals surface area contributed by atoms with Crippen molar-refractivity contribution in [3.63, 3.8) is 0 Å². The van der Waals surface area contributed by atoms with Crippen LogP contribution >= 0.6 is 11.6 Å². The average Bonchev–Trinajstić information content (AvgIpc) is 3.10. The Morgan fingerprint density at radius 2 is 1.77 bits per heavy atom. The summed E-state index contributed by atoms with van der Waals surface area (Å²) in [6, 6.07) is 20.4. The summed E-state index contributed by atoms with van der Waals surface area (Å²) in [6.07, 6.45) is 0.444. The zero-order valence-electron chi connectivity index (χ0n) is 16.3. The second-order valence-corrected chi connectivity index (χ2v) is 10.1. The Morgan fingerprint density at radius 3 is 2.50 bits per heavy atom. The molecule has 1 aliphatic rings. The largest absolute Gasteiger partial charge is 0.484 e. The van der Waals surface area contributed by atoms with Crippen LogP contribution < -0.4 is 4.74 Å². The van der Waals surface area contributed by atoms with E-state index in [-0.39, 0.29) is 30.1 Å². The van der Waals surface area contributed by atoms with Gasteiger partial charge in [-0.3, -0.25) is 4.79 Å². The van der Waals surface area contributed by atoms with Gasteiger partial charge >= 0.3 is 0 Å². The topological polar surface area (TPSA) is 63.7 Å². The highest BCUT2D eigenvalue weighted by Gasteiger charge is 2.35. The predicted octanol–water partition coefficient (Wildman–Crippen LogP) is 4.09. The number of fused-ring (bicyclic) bond motifs is 1. The molecular weight excluding hydrogens is 422 g/mol. The van der Waals surface area contributed by atoms with Gasteiger partial charge in [-0.05, 0) is 47.0 Å². The van der Waals surface area contributed by atoms with E-state index in [9.17, 15) is 13.2 Å². The molecule has 3 aromatic rings. The number of benzene rings is 3. The highest BCUT2D eigenvalue weighted by atomic mass is 35.5. The molecule has 156 valence electrons. The highest BCUT2D eigenvalue weighted by molar-refractivity contribution is 7.91. The summed E-state index contributed by atoms with van der Waals surface area (Å²) in [5.74, 6) is 0.399. The van der Waals surface area contributed by atoms with Crippen molar-refractivity contribution in [1.29, 1.82) is 0 Å². The number of amides is 1. The molecule has 1 amide bonds. The number of ether oxygens (including phenoxy) is 1. The highest BCUT2D eigenvalue weighted by Crippen LogP contribution is 2.25. The third-order valence-corrected chi connectivity index (χ3v) is 7.37. The van der Waals surface area contributed by atoms with Crippen LogP contribution in [0.5, 0.6) is 5.75 Å². The van der Waals surface area contributed by atoms with Gasteiger partial charge in [-0.25, -0.2) is 8.42 Å². The minimum atomic E-state index is -3.13. The molecule has 1 heterocycles. The van der Waals surface area contributed by atoms with Crippen molar-refractivity contribution in [3.05, 3.63) is 77.3 Å². The number of carbonyl (C=O) groups is 1. The lowest BCUT2D eigenvalue weighted by molar-refractivity contribution is -0.135.